The molecule has 2 N–H and O–H groups in total. The summed E-state index contributed by atoms with van der Waals surface area (Å²) >= 11 is 1.62. The minimum Gasteiger partial charge on any atom is -0.475 e. The number of halogens is 3. The zero-order chi connectivity index (χ0) is 23.4. The number of aliphatic carboxylic acids is 1. The number of thiophene rings is 1. The summed E-state index contributed by atoms with van der Waals surface area (Å²) in [6.45, 7) is 2.04. The van der Waals surface area contributed by atoms with Crippen LogP contribution in [0.3, 0.4) is 0 Å². The maximum atomic E-state index is 12.4. The zero-order valence-corrected chi connectivity index (χ0v) is 17.8. The Bertz CT molecular complexity index is 953. The van der Waals surface area contributed by atoms with Crippen molar-refractivity contribution >= 4 is 29.1 Å². The Morgan fingerprint density at radius 1 is 1.25 bits per heavy atom. The van der Waals surface area contributed by atoms with Gasteiger partial charge in [0, 0.05) is 48.2 Å². The molecule has 1 saturated carbocycles. The number of nitrogens with zero attached hydrogens (tertiary/aromatic N) is 2. The molecule has 1 aliphatic heterocycles. The molecular formula is C21H22F3N3O4S. The van der Waals surface area contributed by atoms with E-state index in [1.807, 2.05) is 34.5 Å². The van der Waals surface area contributed by atoms with Crippen LogP contribution in [0.25, 0.3) is 0 Å². The van der Waals surface area contributed by atoms with E-state index in [0.29, 0.717) is 13.0 Å². The smallest absolute Gasteiger partial charge is 0.475 e. The van der Waals surface area contributed by atoms with Gasteiger partial charge < -0.3 is 15.3 Å². The number of carboxylic acids is 1. The van der Waals surface area contributed by atoms with Gasteiger partial charge in [0.1, 0.15) is 0 Å². The topological polar surface area (TPSA) is 99.6 Å². The molecule has 1 saturated heterocycles. The molecule has 1 aliphatic carbocycles. The molecular weight excluding hydrogens is 447 g/mol. The van der Waals surface area contributed by atoms with Crippen molar-refractivity contribution in [2.24, 2.45) is 11.3 Å². The lowest BCUT2D eigenvalue weighted by atomic mass is 10.0. The number of likely N-dealkylation sites (tertiary alicyclic amines) is 1. The normalized spacial score (nSPS) is 21.6. The minimum atomic E-state index is -5.08. The van der Waals surface area contributed by atoms with Crippen LogP contribution in [-0.4, -0.2) is 52.0 Å². The fraction of sp³-hybridized carbons (Fsp3) is 0.429. The highest BCUT2D eigenvalue weighted by molar-refractivity contribution is 7.10. The maximum absolute atomic E-state index is 12.4. The molecule has 11 heteroatoms. The number of carbonyl (C=O) groups excluding carboxylic acids is 2. The van der Waals surface area contributed by atoms with Gasteiger partial charge >= 0.3 is 12.1 Å². The highest BCUT2D eigenvalue weighted by Crippen LogP contribution is 2.58. The van der Waals surface area contributed by atoms with Crippen molar-refractivity contribution in [2.75, 3.05) is 13.1 Å². The molecule has 4 rings (SSSR count). The predicted molar refractivity (Wildman–Crippen MR) is 110 cm³/mol. The summed E-state index contributed by atoms with van der Waals surface area (Å²) in [7, 11) is 0. The number of carboxylic acid groups (broad SMARTS) is 1. The monoisotopic (exact) mass is 469 g/mol. The van der Waals surface area contributed by atoms with Gasteiger partial charge in [-0.1, -0.05) is 6.07 Å². The van der Waals surface area contributed by atoms with E-state index in [1.54, 1.807) is 23.7 Å². The summed E-state index contributed by atoms with van der Waals surface area (Å²) in [6, 6.07) is 7.79. The predicted octanol–water partition coefficient (Wildman–Crippen LogP) is 2.87. The van der Waals surface area contributed by atoms with Gasteiger partial charge in [0.25, 0.3) is 0 Å². The SMILES string of the molecule is O=C(NCc1ccncc1)C1CC12CCN(C(=O)Cc1cccs1)C2.O=C(O)C(F)(F)F. The van der Waals surface area contributed by atoms with E-state index in [2.05, 4.69) is 10.3 Å². The number of nitrogens with one attached hydrogen (secondary N) is 1. The lowest BCUT2D eigenvalue weighted by Crippen LogP contribution is -2.32. The van der Waals surface area contributed by atoms with Crippen LogP contribution < -0.4 is 5.32 Å². The quantitative estimate of drug-likeness (QED) is 0.702. The summed E-state index contributed by atoms with van der Waals surface area (Å²) in [4.78, 5) is 40.8. The third-order valence-electron chi connectivity index (χ3n) is 5.61. The molecule has 0 bridgehead atoms. The van der Waals surface area contributed by atoms with Gasteiger partial charge in [0.2, 0.25) is 11.8 Å². The highest BCUT2D eigenvalue weighted by Gasteiger charge is 2.61. The first kappa shape index (κ1) is 23.7. The van der Waals surface area contributed by atoms with Crippen molar-refractivity contribution < 1.29 is 32.7 Å². The maximum Gasteiger partial charge on any atom is 0.490 e. The molecule has 2 aromatic heterocycles. The largest absolute Gasteiger partial charge is 0.490 e. The van der Waals surface area contributed by atoms with Gasteiger partial charge in [-0.25, -0.2) is 4.79 Å². The molecule has 2 unspecified atom stereocenters. The lowest BCUT2D eigenvalue weighted by molar-refractivity contribution is -0.192. The van der Waals surface area contributed by atoms with Gasteiger partial charge in [0.05, 0.1) is 6.42 Å². The molecule has 32 heavy (non-hydrogen) atoms. The molecule has 2 fully saturated rings. The van der Waals surface area contributed by atoms with Gasteiger partial charge in [0.15, 0.2) is 0 Å². The van der Waals surface area contributed by atoms with Crippen LogP contribution in [0.2, 0.25) is 0 Å². The van der Waals surface area contributed by atoms with Crippen molar-refractivity contribution in [3.8, 4) is 0 Å². The Kier molecular flexibility index (Phi) is 7.17. The standard InChI is InChI=1S/C19H21N3O2S.C2HF3O2/c23-17(10-15-2-1-9-25-15)22-8-5-19(13-22)11-16(19)18(24)21-12-14-3-6-20-7-4-14;3-2(4,5)1(6)7/h1-4,6-7,9,16H,5,8,10-13H2,(H,21,24);(H,6,7). The van der Waals surface area contributed by atoms with Crippen LogP contribution in [0.4, 0.5) is 13.2 Å². The van der Waals surface area contributed by atoms with Crippen molar-refractivity contribution in [1.82, 2.24) is 15.2 Å². The number of amides is 2. The average Bonchev–Trinajstić information content (AvgIpc) is 3.06. The first-order chi connectivity index (χ1) is 15.1. The number of pyridine rings is 1. The molecule has 2 aliphatic rings. The van der Waals surface area contributed by atoms with E-state index in [0.717, 1.165) is 36.4 Å². The van der Waals surface area contributed by atoms with E-state index >= 15 is 0 Å². The molecule has 0 aromatic carbocycles. The number of hydrogen-bond donors (Lipinski definition) is 2. The Balaban J connectivity index is 0.000000360. The number of alkyl halides is 3. The van der Waals surface area contributed by atoms with Crippen molar-refractivity contribution in [3.63, 3.8) is 0 Å². The minimum absolute atomic E-state index is 0.0213. The Morgan fingerprint density at radius 3 is 2.53 bits per heavy atom. The number of rotatable bonds is 5. The summed E-state index contributed by atoms with van der Waals surface area (Å²) in [5, 5.41) is 12.1. The molecule has 172 valence electrons. The van der Waals surface area contributed by atoms with Crippen LogP contribution in [0.5, 0.6) is 0 Å². The van der Waals surface area contributed by atoms with E-state index in [9.17, 15) is 22.8 Å². The summed E-state index contributed by atoms with van der Waals surface area (Å²) < 4.78 is 31.7. The first-order valence-corrected chi connectivity index (χ1v) is 10.8. The van der Waals surface area contributed by atoms with E-state index in [1.165, 1.54) is 0 Å². The molecule has 3 heterocycles. The van der Waals surface area contributed by atoms with Crippen LogP contribution in [-0.2, 0) is 27.3 Å². The van der Waals surface area contributed by atoms with Crippen LogP contribution in [0.15, 0.2) is 42.0 Å². The van der Waals surface area contributed by atoms with E-state index in [4.69, 9.17) is 9.90 Å². The highest BCUT2D eigenvalue weighted by atomic mass is 32.1. The average molecular weight is 469 g/mol. The molecule has 2 aromatic rings. The molecule has 2 atom stereocenters. The number of carbonyl (C=O) groups is 3. The van der Waals surface area contributed by atoms with Gasteiger partial charge in [-0.05, 0) is 42.0 Å². The second-order valence-electron chi connectivity index (χ2n) is 7.82. The van der Waals surface area contributed by atoms with E-state index < -0.39 is 12.1 Å². The number of hydrogen-bond acceptors (Lipinski definition) is 5. The van der Waals surface area contributed by atoms with Crippen LogP contribution >= 0.6 is 11.3 Å². The Hall–Kier alpha value is -2.95. The zero-order valence-electron chi connectivity index (χ0n) is 17.0. The third kappa shape index (κ3) is 6.06. The second kappa shape index (κ2) is 9.68. The molecule has 7 nitrogen and oxygen atoms in total. The van der Waals surface area contributed by atoms with E-state index in [-0.39, 0.29) is 23.1 Å². The lowest BCUT2D eigenvalue weighted by Gasteiger charge is -2.16. The summed E-state index contributed by atoms with van der Waals surface area (Å²) in [6.07, 6.45) is 0.698. The fourth-order valence-electron chi connectivity index (χ4n) is 3.77. The van der Waals surface area contributed by atoms with Crippen LogP contribution in [0.1, 0.15) is 23.3 Å². The van der Waals surface area contributed by atoms with Crippen molar-refractivity contribution in [2.45, 2.75) is 32.0 Å². The van der Waals surface area contributed by atoms with Gasteiger partial charge in [-0.3, -0.25) is 14.6 Å². The molecule has 1 spiro atoms. The number of aromatic nitrogens is 1. The Morgan fingerprint density at radius 2 is 1.94 bits per heavy atom. The van der Waals surface area contributed by atoms with Crippen LogP contribution in [0, 0.1) is 11.3 Å². The summed E-state index contributed by atoms with van der Waals surface area (Å²) in [5.74, 6) is -2.41. The van der Waals surface area contributed by atoms with Crippen molar-refractivity contribution in [1.29, 1.82) is 0 Å². The van der Waals surface area contributed by atoms with Gasteiger partial charge in [-0.15, -0.1) is 11.3 Å². The second-order valence-corrected chi connectivity index (χ2v) is 8.85. The van der Waals surface area contributed by atoms with Crippen molar-refractivity contribution in [3.05, 3.63) is 52.5 Å². The molecule has 0 radical (unpaired) electrons. The van der Waals surface area contributed by atoms with Gasteiger partial charge in [-0.2, -0.15) is 13.2 Å². The third-order valence-corrected chi connectivity index (χ3v) is 6.48. The summed E-state index contributed by atoms with van der Waals surface area (Å²) in [5.41, 5.74) is 1.07. The molecule has 2 amide bonds. The Labute approximate surface area is 186 Å². The fourth-order valence-corrected chi connectivity index (χ4v) is 4.46. The first-order valence-electron chi connectivity index (χ1n) is 9.88.